The van der Waals surface area contributed by atoms with E-state index in [1.807, 2.05) is 0 Å². The number of hydrogen-bond donors (Lipinski definition) is 5. The molecule has 0 bridgehead atoms. The summed E-state index contributed by atoms with van der Waals surface area (Å²) in [5.41, 5.74) is 0. The van der Waals surface area contributed by atoms with Gasteiger partial charge in [0.05, 0.1) is 12.2 Å². The standard InChI is InChI=1S/C7H15NO4/c9-3-4-1-8-2-5(10)7(12)6(4)11/h4-12H,1-3H2/t4-,5-,6-,7-/m1/s1. The van der Waals surface area contributed by atoms with Crippen LogP contribution in [0.3, 0.4) is 0 Å². The number of hydrogen-bond acceptors (Lipinski definition) is 5. The monoisotopic (exact) mass is 177 g/mol. The van der Waals surface area contributed by atoms with Crippen LogP contribution in [0.4, 0.5) is 0 Å². The van der Waals surface area contributed by atoms with Crippen molar-refractivity contribution in [1.82, 2.24) is 5.32 Å². The van der Waals surface area contributed by atoms with Gasteiger partial charge >= 0.3 is 0 Å². The fourth-order valence-electron chi connectivity index (χ4n) is 1.34. The van der Waals surface area contributed by atoms with Crippen LogP contribution in [0, 0.1) is 5.92 Å². The highest BCUT2D eigenvalue weighted by atomic mass is 16.4. The van der Waals surface area contributed by atoms with E-state index in [-0.39, 0.29) is 13.2 Å². The lowest BCUT2D eigenvalue weighted by Crippen LogP contribution is -2.42. The van der Waals surface area contributed by atoms with Crippen LogP contribution in [0.5, 0.6) is 0 Å². The summed E-state index contributed by atoms with van der Waals surface area (Å²) in [6.45, 7) is 0.457. The Hall–Kier alpha value is -0.200. The molecule has 1 aliphatic heterocycles. The van der Waals surface area contributed by atoms with Gasteiger partial charge in [-0.15, -0.1) is 0 Å². The van der Waals surface area contributed by atoms with E-state index in [0.717, 1.165) is 0 Å². The molecule has 5 heteroatoms. The van der Waals surface area contributed by atoms with Crippen molar-refractivity contribution < 1.29 is 20.4 Å². The Morgan fingerprint density at radius 2 is 1.75 bits per heavy atom. The lowest BCUT2D eigenvalue weighted by molar-refractivity contribution is -0.0743. The molecule has 0 saturated carbocycles. The minimum atomic E-state index is -1.17. The van der Waals surface area contributed by atoms with Crippen molar-refractivity contribution in [3.05, 3.63) is 0 Å². The van der Waals surface area contributed by atoms with Crippen LogP contribution >= 0.6 is 0 Å². The maximum absolute atomic E-state index is 9.38. The van der Waals surface area contributed by atoms with Crippen LogP contribution in [-0.2, 0) is 0 Å². The van der Waals surface area contributed by atoms with Crippen LogP contribution in [0.1, 0.15) is 0 Å². The van der Waals surface area contributed by atoms with Gasteiger partial charge in [-0.2, -0.15) is 0 Å². The first kappa shape index (κ1) is 9.88. The molecule has 12 heavy (non-hydrogen) atoms. The second-order valence-corrected chi connectivity index (χ2v) is 3.15. The zero-order chi connectivity index (χ0) is 9.14. The maximum Gasteiger partial charge on any atom is 0.107 e. The lowest BCUT2D eigenvalue weighted by atomic mass is 9.97. The van der Waals surface area contributed by atoms with Gasteiger partial charge in [0.2, 0.25) is 0 Å². The van der Waals surface area contributed by atoms with Gasteiger partial charge in [0, 0.05) is 25.6 Å². The highest BCUT2D eigenvalue weighted by Gasteiger charge is 2.33. The van der Waals surface area contributed by atoms with Gasteiger partial charge in [-0.05, 0) is 0 Å². The third-order valence-corrected chi connectivity index (χ3v) is 2.22. The fraction of sp³-hybridized carbons (Fsp3) is 1.00. The summed E-state index contributed by atoms with van der Waals surface area (Å²) in [7, 11) is 0. The van der Waals surface area contributed by atoms with Gasteiger partial charge in [0.25, 0.3) is 0 Å². The zero-order valence-electron chi connectivity index (χ0n) is 6.72. The fourth-order valence-corrected chi connectivity index (χ4v) is 1.34. The molecule has 1 fully saturated rings. The Labute approximate surface area is 70.6 Å². The molecule has 0 unspecified atom stereocenters. The van der Waals surface area contributed by atoms with Gasteiger partial charge in [-0.1, -0.05) is 0 Å². The third kappa shape index (κ3) is 1.94. The average molecular weight is 177 g/mol. The number of rotatable bonds is 1. The van der Waals surface area contributed by atoms with Crippen molar-refractivity contribution >= 4 is 0 Å². The Kier molecular flexibility index (Phi) is 3.42. The van der Waals surface area contributed by atoms with Crippen LogP contribution in [0.2, 0.25) is 0 Å². The molecule has 0 aromatic rings. The molecule has 5 N–H and O–H groups in total. The Bertz CT molecular complexity index is 141. The second kappa shape index (κ2) is 4.15. The molecule has 5 nitrogen and oxygen atoms in total. The van der Waals surface area contributed by atoms with Gasteiger partial charge in [0.1, 0.15) is 6.10 Å². The van der Waals surface area contributed by atoms with Crippen molar-refractivity contribution in [3.8, 4) is 0 Å². The largest absolute Gasteiger partial charge is 0.396 e. The summed E-state index contributed by atoms with van der Waals surface area (Å²) >= 11 is 0. The normalized spacial score (nSPS) is 44.0. The Morgan fingerprint density at radius 1 is 1.08 bits per heavy atom. The van der Waals surface area contributed by atoms with E-state index in [0.29, 0.717) is 6.54 Å². The van der Waals surface area contributed by atoms with Gasteiger partial charge in [-0.25, -0.2) is 0 Å². The molecule has 0 aliphatic carbocycles. The molecular weight excluding hydrogens is 162 g/mol. The maximum atomic E-state index is 9.38. The van der Waals surface area contributed by atoms with E-state index in [1.54, 1.807) is 0 Å². The first-order valence-electron chi connectivity index (χ1n) is 4.02. The minimum Gasteiger partial charge on any atom is -0.396 e. The molecule has 1 saturated heterocycles. The molecule has 4 atom stereocenters. The second-order valence-electron chi connectivity index (χ2n) is 3.15. The summed E-state index contributed by atoms with van der Waals surface area (Å²) in [5, 5.41) is 39.5. The molecule has 1 rings (SSSR count). The van der Waals surface area contributed by atoms with Crippen molar-refractivity contribution in [1.29, 1.82) is 0 Å². The van der Waals surface area contributed by atoms with Crippen LogP contribution in [0.15, 0.2) is 0 Å². The SMILES string of the molecule is OC[C@H]1CNC[C@@H](O)[C@@H](O)[C@@H]1O. The van der Waals surface area contributed by atoms with Gasteiger partial charge in [0.15, 0.2) is 0 Å². The molecular formula is C7H15NO4. The van der Waals surface area contributed by atoms with E-state index < -0.39 is 24.2 Å². The van der Waals surface area contributed by atoms with E-state index in [2.05, 4.69) is 5.32 Å². The minimum absolute atomic E-state index is 0.196. The van der Waals surface area contributed by atoms with E-state index in [9.17, 15) is 15.3 Å². The first-order valence-corrected chi connectivity index (χ1v) is 4.02. The number of β-amino-alcohol motifs (C(OH)–C–C–N with tert-alkyl or cyclic N) is 1. The summed E-state index contributed by atoms with van der Waals surface area (Å²) < 4.78 is 0. The molecule has 0 spiro atoms. The van der Waals surface area contributed by atoms with Crippen molar-refractivity contribution in [2.24, 2.45) is 5.92 Å². The summed E-state index contributed by atoms with van der Waals surface area (Å²) in [5.74, 6) is -0.405. The average Bonchev–Trinajstić information content (AvgIpc) is 2.19. The highest BCUT2D eigenvalue weighted by Crippen LogP contribution is 2.12. The molecule has 0 amide bonds. The van der Waals surface area contributed by atoms with Crippen molar-refractivity contribution in [2.75, 3.05) is 19.7 Å². The number of aliphatic hydroxyl groups is 4. The molecule has 0 aromatic carbocycles. The molecule has 0 aromatic heterocycles. The predicted octanol–water partition coefficient (Wildman–Crippen LogP) is -2.72. The van der Waals surface area contributed by atoms with Crippen molar-refractivity contribution in [2.45, 2.75) is 18.3 Å². The van der Waals surface area contributed by atoms with Crippen LogP contribution < -0.4 is 5.32 Å². The van der Waals surface area contributed by atoms with E-state index in [4.69, 9.17) is 5.11 Å². The first-order chi connectivity index (χ1) is 5.66. The van der Waals surface area contributed by atoms with Gasteiger partial charge in [-0.3, -0.25) is 0 Å². The number of nitrogens with one attached hydrogen (secondary N) is 1. The van der Waals surface area contributed by atoms with E-state index >= 15 is 0 Å². The Morgan fingerprint density at radius 3 is 2.33 bits per heavy atom. The zero-order valence-corrected chi connectivity index (χ0v) is 6.72. The topological polar surface area (TPSA) is 93.0 Å². The Balaban J connectivity index is 2.59. The summed E-state index contributed by atoms with van der Waals surface area (Å²) in [6, 6.07) is 0. The van der Waals surface area contributed by atoms with Crippen LogP contribution in [-0.4, -0.2) is 58.4 Å². The highest BCUT2D eigenvalue weighted by molar-refractivity contribution is 4.86. The van der Waals surface area contributed by atoms with Crippen LogP contribution in [0.25, 0.3) is 0 Å². The molecule has 0 radical (unpaired) electrons. The lowest BCUT2D eigenvalue weighted by Gasteiger charge is -2.23. The smallest absolute Gasteiger partial charge is 0.107 e. The van der Waals surface area contributed by atoms with Gasteiger partial charge < -0.3 is 25.7 Å². The van der Waals surface area contributed by atoms with Crippen molar-refractivity contribution in [3.63, 3.8) is 0 Å². The summed E-state index contributed by atoms with van der Waals surface area (Å²) in [6.07, 6.45) is -3.19. The third-order valence-electron chi connectivity index (χ3n) is 2.22. The number of aliphatic hydroxyl groups excluding tert-OH is 4. The molecule has 72 valence electrons. The van der Waals surface area contributed by atoms with E-state index in [1.165, 1.54) is 0 Å². The predicted molar refractivity (Wildman–Crippen MR) is 41.5 cm³/mol. The summed E-state index contributed by atoms with van der Waals surface area (Å²) in [4.78, 5) is 0. The molecule has 1 aliphatic rings. The quantitative estimate of drug-likeness (QED) is 0.300. The molecule has 1 heterocycles.